The average molecular weight is 256 g/mol. The molecule has 0 aromatic heterocycles. The third-order valence-electron chi connectivity index (χ3n) is 2.72. The molecule has 6 nitrogen and oxygen atoms in total. The molecule has 0 aromatic carbocycles. The Bertz CT molecular complexity index is 330. The molecule has 0 saturated carbocycles. The highest BCUT2D eigenvalue weighted by atomic mass is 16.5. The molecular formula is C12H20N2O4. The van der Waals surface area contributed by atoms with Crippen LogP contribution in [0, 0.1) is 0 Å². The summed E-state index contributed by atoms with van der Waals surface area (Å²) in [5, 5.41) is 2.62. The largest absolute Gasteiger partial charge is 0.465 e. The van der Waals surface area contributed by atoms with Crippen LogP contribution in [0.4, 0.5) is 0 Å². The quantitative estimate of drug-likeness (QED) is 0.682. The Morgan fingerprint density at radius 3 is 2.67 bits per heavy atom. The number of carbonyl (C=O) groups is 3. The van der Waals surface area contributed by atoms with Gasteiger partial charge in [0.2, 0.25) is 11.8 Å². The molecule has 1 N–H and O–H groups in total. The van der Waals surface area contributed by atoms with Crippen molar-refractivity contribution in [3.05, 3.63) is 0 Å². The van der Waals surface area contributed by atoms with E-state index in [1.807, 2.05) is 6.92 Å². The fraction of sp³-hybridized carbons (Fsp3) is 0.750. The molecule has 1 aliphatic heterocycles. The Hall–Kier alpha value is -1.59. The van der Waals surface area contributed by atoms with E-state index in [1.54, 1.807) is 6.92 Å². The number of ether oxygens (including phenoxy) is 1. The van der Waals surface area contributed by atoms with Crippen molar-refractivity contribution >= 4 is 17.8 Å². The van der Waals surface area contributed by atoms with Gasteiger partial charge in [0, 0.05) is 13.0 Å². The van der Waals surface area contributed by atoms with E-state index in [1.165, 1.54) is 4.90 Å². The van der Waals surface area contributed by atoms with Gasteiger partial charge in [-0.15, -0.1) is 0 Å². The molecule has 1 saturated heterocycles. The van der Waals surface area contributed by atoms with Crippen LogP contribution in [0.2, 0.25) is 0 Å². The van der Waals surface area contributed by atoms with E-state index in [0.717, 1.165) is 6.42 Å². The highest BCUT2D eigenvalue weighted by molar-refractivity contribution is 5.92. The monoisotopic (exact) mass is 256 g/mol. The van der Waals surface area contributed by atoms with Crippen molar-refractivity contribution in [2.45, 2.75) is 39.2 Å². The fourth-order valence-corrected chi connectivity index (χ4v) is 1.92. The Labute approximate surface area is 107 Å². The second-order valence-electron chi connectivity index (χ2n) is 4.22. The zero-order chi connectivity index (χ0) is 13.5. The predicted octanol–water partition coefficient (Wildman–Crippen LogP) is 0.0667. The lowest BCUT2D eigenvalue weighted by Crippen LogP contribution is -2.47. The Kier molecular flexibility index (Phi) is 5.61. The Morgan fingerprint density at radius 2 is 2.17 bits per heavy atom. The third kappa shape index (κ3) is 4.01. The van der Waals surface area contributed by atoms with Crippen LogP contribution in [0.15, 0.2) is 0 Å². The summed E-state index contributed by atoms with van der Waals surface area (Å²) >= 11 is 0. The van der Waals surface area contributed by atoms with Crippen LogP contribution >= 0.6 is 0 Å². The van der Waals surface area contributed by atoms with Gasteiger partial charge in [0.05, 0.1) is 6.61 Å². The first-order valence-corrected chi connectivity index (χ1v) is 6.32. The summed E-state index contributed by atoms with van der Waals surface area (Å²) in [6.07, 6.45) is 1.63. The number of rotatable bonds is 6. The first kappa shape index (κ1) is 14.5. The molecule has 1 atom stereocenters. The van der Waals surface area contributed by atoms with Gasteiger partial charge in [0.25, 0.3) is 0 Å². The van der Waals surface area contributed by atoms with Crippen LogP contribution in [-0.4, -0.2) is 48.4 Å². The smallest absolute Gasteiger partial charge is 0.325 e. The van der Waals surface area contributed by atoms with Crippen LogP contribution < -0.4 is 5.32 Å². The van der Waals surface area contributed by atoms with Crippen molar-refractivity contribution in [3.63, 3.8) is 0 Å². The van der Waals surface area contributed by atoms with Crippen molar-refractivity contribution in [3.8, 4) is 0 Å². The number of carbonyl (C=O) groups excluding carboxylic acids is 3. The maximum Gasteiger partial charge on any atom is 0.325 e. The molecular weight excluding hydrogens is 236 g/mol. The molecule has 0 bridgehead atoms. The van der Waals surface area contributed by atoms with E-state index < -0.39 is 12.0 Å². The molecule has 1 rings (SSSR count). The molecule has 0 spiro atoms. The Balaban J connectivity index is 2.57. The maximum atomic E-state index is 12.1. The first-order chi connectivity index (χ1) is 8.58. The van der Waals surface area contributed by atoms with Crippen molar-refractivity contribution in [2.24, 2.45) is 0 Å². The number of amides is 2. The van der Waals surface area contributed by atoms with Gasteiger partial charge in [-0.25, -0.2) is 0 Å². The van der Waals surface area contributed by atoms with Gasteiger partial charge >= 0.3 is 5.97 Å². The lowest BCUT2D eigenvalue weighted by molar-refractivity contribution is -0.149. The summed E-state index contributed by atoms with van der Waals surface area (Å²) in [5.74, 6) is -0.722. The predicted molar refractivity (Wildman–Crippen MR) is 64.7 cm³/mol. The van der Waals surface area contributed by atoms with Gasteiger partial charge in [0.1, 0.15) is 12.6 Å². The van der Waals surface area contributed by atoms with Gasteiger partial charge in [-0.1, -0.05) is 6.92 Å². The Morgan fingerprint density at radius 1 is 1.44 bits per heavy atom. The standard InChI is InChI=1S/C12H20N2O4/c1-3-7-14(8-11(16)18-4-2)12(17)9-5-6-10(15)13-9/h9H,3-8H2,1-2H3,(H,13,15)/t9-/m0/s1. The second-order valence-corrected chi connectivity index (χ2v) is 4.22. The molecule has 102 valence electrons. The van der Waals surface area contributed by atoms with E-state index in [4.69, 9.17) is 4.74 Å². The minimum absolute atomic E-state index is 0.0487. The van der Waals surface area contributed by atoms with Crippen molar-refractivity contribution < 1.29 is 19.1 Å². The molecule has 0 aromatic rings. The van der Waals surface area contributed by atoms with Crippen LogP contribution in [0.5, 0.6) is 0 Å². The van der Waals surface area contributed by atoms with Gasteiger partial charge in [0.15, 0.2) is 0 Å². The molecule has 2 amide bonds. The topological polar surface area (TPSA) is 75.7 Å². The van der Waals surface area contributed by atoms with Crippen molar-refractivity contribution in [1.82, 2.24) is 10.2 Å². The third-order valence-corrected chi connectivity index (χ3v) is 2.72. The average Bonchev–Trinajstić information content (AvgIpc) is 2.75. The van der Waals surface area contributed by atoms with E-state index in [-0.39, 0.29) is 18.4 Å². The zero-order valence-corrected chi connectivity index (χ0v) is 10.9. The summed E-state index contributed by atoms with van der Waals surface area (Å²) in [4.78, 5) is 36.1. The lowest BCUT2D eigenvalue weighted by atomic mass is 10.2. The molecule has 6 heteroatoms. The van der Waals surface area contributed by atoms with Gasteiger partial charge < -0.3 is 15.0 Å². The van der Waals surface area contributed by atoms with Gasteiger partial charge in [-0.05, 0) is 19.8 Å². The normalized spacial score (nSPS) is 18.3. The zero-order valence-electron chi connectivity index (χ0n) is 10.9. The number of hydrogen-bond acceptors (Lipinski definition) is 4. The minimum atomic E-state index is -0.488. The van der Waals surface area contributed by atoms with Crippen LogP contribution in [0.1, 0.15) is 33.1 Å². The highest BCUT2D eigenvalue weighted by Crippen LogP contribution is 2.10. The molecule has 1 aliphatic rings. The summed E-state index contributed by atoms with van der Waals surface area (Å²) in [7, 11) is 0. The van der Waals surface area contributed by atoms with E-state index in [9.17, 15) is 14.4 Å². The van der Waals surface area contributed by atoms with E-state index in [0.29, 0.717) is 26.0 Å². The van der Waals surface area contributed by atoms with E-state index in [2.05, 4.69) is 5.32 Å². The van der Waals surface area contributed by atoms with Crippen LogP contribution in [0.3, 0.4) is 0 Å². The SMILES string of the molecule is CCCN(CC(=O)OCC)C(=O)[C@@H]1CCC(=O)N1. The number of nitrogens with zero attached hydrogens (tertiary/aromatic N) is 1. The summed E-state index contributed by atoms with van der Waals surface area (Å²) in [6, 6.07) is -0.488. The molecule has 18 heavy (non-hydrogen) atoms. The second kappa shape index (κ2) is 6.98. The van der Waals surface area contributed by atoms with Gasteiger partial charge in [-0.2, -0.15) is 0 Å². The number of esters is 1. The van der Waals surface area contributed by atoms with Crippen molar-refractivity contribution in [1.29, 1.82) is 0 Å². The molecule has 1 heterocycles. The summed E-state index contributed by atoms with van der Waals surface area (Å²) in [5.41, 5.74) is 0. The number of hydrogen-bond donors (Lipinski definition) is 1. The van der Waals surface area contributed by atoms with Crippen LogP contribution in [0.25, 0.3) is 0 Å². The minimum Gasteiger partial charge on any atom is -0.465 e. The first-order valence-electron chi connectivity index (χ1n) is 6.32. The lowest BCUT2D eigenvalue weighted by Gasteiger charge is -2.24. The van der Waals surface area contributed by atoms with Gasteiger partial charge in [-0.3, -0.25) is 14.4 Å². The molecule has 0 unspecified atom stereocenters. The molecule has 1 fully saturated rings. The number of nitrogens with one attached hydrogen (secondary N) is 1. The summed E-state index contributed by atoms with van der Waals surface area (Å²) in [6.45, 7) is 4.39. The van der Waals surface area contributed by atoms with E-state index >= 15 is 0 Å². The molecule has 0 radical (unpaired) electrons. The van der Waals surface area contributed by atoms with Crippen molar-refractivity contribution in [2.75, 3.05) is 19.7 Å². The maximum absolute atomic E-state index is 12.1. The summed E-state index contributed by atoms with van der Waals surface area (Å²) < 4.78 is 4.83. The van der Waals surface area contributed by atoms with Crippen LogP contribution in [-0.2, 0) is 19.1 Å². The highest BCUT2D eigenvalue weighted by Gasteiger charge is 2.31. The fourth-order valence-electron chi connectivity index (χ4n) is 1.92. The molecule has 0 aliphatic carbocycles.